The van der Waals surface area contributed by atoms with Crippen LogP contribution in [0.25, 0.3) is 22.1 Å². The van der Waals surface area contributed by atoms with Gasteiger partial charge in [0.2, 0.25) is 0 Å². The number of aromatic nitrogens is 4. The Morgan fingerprint density at radius 1 is 1.29 bits per heavy atom. The van der Waals surface area contributed by atoms with E-state index in [1.165, 1.54) is 0 Å². The first kappa shape index (κ1) is 18.0. The zero-order valence-corrected chi connectivity index (χ0v) is 15.5. The number of rotatable bonds is 5. The number of nitrogens with one attached hydrogen (secondary N) is 2. The lowest BCUT2D eigenvalue weighted by atomic mass is 9.84. The van der Waals surface area contributed by atoms with Gasteiger partial charge in [-0.3, -0.25) is 4.79 Å². The fraction of sp³-hybridized carbons (Fsp3) is 0.450. The zero-order chi connectivity index (χ0) is 19.5. The highest BCUT2D eigenvalue weighted by Crippen LogP contribution is 2.37. The summed E-state index contributed by atoms with van der Waals surface area (Å²) in [5.41, 5.74) is 2.38. The number of aromatic amines is 1. The van der Waals surface area contributed by atoms with Gasteiger partial charge in [-0.2, -0.15) is 10.5 Å². The Balaban J connectivity index is 1.76. The van der Waals surface area contributed by atoms with Crippen LogP contribution in [0.15, 0.2) is 18.5 Å². The fourth-order valence-corrected chi connectivity index (χ4v) is 4.16. The summed E-state index contributed by atoms with van der Waals surface area (Å²) in [6.45, 7) is 0.297. The van der Waals surface area contributed by atoms with Crippen LogP contribution in [0.2, 0.25) is 0 Å². The molecule has 2 N–H and O–H groups in total. The number of pyridine rings is 1. The smallest absolute Gasteiger partial charge is 0.287 e. The molecule has 0 aromatic carbocycles. The van der Waals surface area contributed by atoms with Gasteiger partial charge in [-0.05, 0) is 37.7 Å². The van der Waals surface area contributed by atoms with Gasteiger partial charge in [0.25, 0.3) is 5.91 Å². The Bertz CT molecular complexity index is 1090. The molecule has 142 valence electrons. The van der Waals surface area contributed by atoms with E-state index < -0.39 is 0 Å². The molecule has 0 saturated heterocycles. The quantitative estimate of drug-likeness (QED) is 0.663. The van der Waals surface area contributed by atoms with Crippen molar-refractivity contribution in [2.75, 3.05) is 6.54 Å². The van der Waals surface area contributed by atoms with E-state index in [1.807, 2.05) is 18.3 Å². The van der Waals surface area contributed by atoms with Gasteiger partial charge in [-0.15, -0.1) is 0 Å². The Kier molecular flexibility index (Phi) is 4.94. The maximum Gasteiger partial charge on any atom is 0.287 e. The Hall–Kier alpha value is -3.39. The second kappa shape index (κ2) is 7.69. The van der Waals surface area contributed by atoms with Crippen LogP contribution in [0.3, 0.4) is 0 Å². The van der Waals surface area contributed by atoms with Crippen LogP contribution >= 0.6 is 0 Å². The fourth-order valence-electron chi connectivity index (χ4n) is 4.16. The molecule has 0 aliphatic heterocycles. The third kappa shape index (κ3) is 3.18. The predicted molar refractivity (Wildman–Crippen MR) is 103 cm³/mol. The van der Waals surface area contributed by atoms with Crippen molar-refractivity contribution in [1.29, 1.82) is 10.5 Å². The minimum absolute atomic E-state index is 0.150. The van der Waals surface area contributed by atoms with Crippen molar-refractivity contribution in [1.82, 2.24) is 24.8 Å². The van der Waals surface area contributed by atoms with Crippen molar-refractivity contribution in [2.24, 2.45) is 5.92 Å². The van der Waals surface area contributed by atoms with E-state index in [2.05, 4.69) is 30.9 Å². The van der Waals surface area contributed by atoms with Gasteiger partial charge in [0.1, 0.15) is 11.2 Å². The monoisotopic (exact) mass is 375 g/mol. The van der Waals surface area contributed by atoms with Gasteiger partial charge in [-0.1, -0.05) is 0 Å². The summed E-state index contributed by atoms with van der Waals surface area (Å²) in [6.07, 6.45) is 8.13. The van der Waals surface area contributed by atoms with E-state index in [0.29, 0.717) is 30.2 Å². The molecule has 1 saturated carbocycles. The molecule has 3 heterocycles. The molecule has 1 fully saturated rings. The molecule has 0 atom stereocenters. The number of nitrogens with zero attached hydrogens (tertiary/aromatic N) is 5. The molecule has 1 amide bonds. The van der Waals surface area contributed by atoms with Crippen molar-refractivity contribution in [2.45, 2.75) is 44.6 Å². The van der Waals surface area contributed by atoms with E-state index in [9.17, 15) is 4.79 Å². The molecule has 1 aliphatic carbocycles. The first-order valence-electron chi connectivity index (χ1n) is 9.59. The third-order valence-electron chi connectivity index (χ3n) is 5.52. The number of carbonyl (C=O) groups is 1. The van der Waals surface area contributed by atoms with E-state index in [-0.39, 0.29) is 18.4 Å². The topological polar surface area (TPSA) is 123 Å². The molecule has 3 aromatic heterocycles. The van der Waals surface area contributed by atoms with E-state index >= 15 is 0 Å². The predicted octanol–water partition coefficient (Wildman–Crippen LogP) is 3.20. The summed E-state index contributed by atoms with van der Waals surface area (Å²) in [7, 11) is 0. The van der Waals surface area contributed by atoms with Gasteiger partial charge in [0.15, 0.2) is 5.82 Å². The highest BCUT2D eigenvalue weighted by molar-refractivity contribution is 6.04. The molecule has 3 aromatic rings. The second-order valence-corrected chi connectivity index (χ2v) is 7.24. The second-order valence-electron chi connectivity index (χ2n) is 7.24. The first-order chi connectivity index (χ1) is 13.7. The number of hydrogen-bond donors (Lipinski definition) is 2. The molecule has 4 rings (SSSR count). The lowest BCUT2D eigenvalue weighted by Crippen LogP contribution is -2.29. The lowest BCUT2D eigenvalue weighted by Gasteiger charge is -2.29. The summed E-state index contributed by atoms with van der Waals surface area (Å²) in [6, 6.07) is 6.42. The van der Waals surface area contributed by atoms with Crippen molar-refractivity contribution in [3.8, 4) is 12.1 Å². The Morgan fingerprint density at radius 3 is 2.86 bits per heavy atom. The number of H-pyrrole nitrogens is 1. The number of carbonyl (C=O) groups excluding carboxylic acids is 1. The average molecular weight is 375 g/mol. The number of amides is 1. The molecule has 0 radical (unpaired) electrons. The average Bonchev–Trinajstić information content (AvgIpc) is 3.33. The van der Waals surface area contributed by atoms with E-state index in [4.69, 9.17) is 10.5 Å². The summed E-state index contributed by atoms with van der Waals surface area (Å²) in [4.78, 5) is 24.9. The van der Waals surface area contributed by atoms with Crippen molar-refractivity contribution < 1.29 is 4.79 Å². The Morgan fingerprint density at radius 2 is 2.11 bits per heavy atom. The van der Waals surface area contributed by atoms with Crippen LogP contribution in [0, 0.1) is 28.6 Å². The molecule has 8 nitrogen and oxygen atoms in total. The van der Waals surface area contributed by atoms with Crippen molar-refractivity contribution in [3.63, 3.8) is 0 Å². The SMILES string of the molecule is N#CCCNC(=O)c1nc2cnc3[nH]ccc3c2n1[C@H]1CC[C@H](CC#N)CC1. The molecule has 28 heavy (non-hydrogen) atoms. The molecule has 0 spiro atoms. The first-order valence-corrected chi connectivity index (χ1v) is 9.59. The summed E-state index contributed by atoms with van der Waals surface area (Å²) >= 11 is 0. The van der Waals surface area contributed by atoms with Crippen molar-refractivity contribution >= 4 is 28.0 Å². The van der Waals surface area contributed by atoms with Crippen LogP contribution < -0.4 is 5.32 Å². The molecule has 1 aliphatic rings. The summed E-state index contributed by atoms with van der Waals surface area (Å²) in [5.74, 6) is 0.527. The molecular weight excluding hydrogens is 354 g/mol. The van der Waals surface area contributed by atoms with Gasteiger partial charge in [-0.25, -0.2) is 9.97 Å². The number of hydrogen-bond acceptors (Lipinski definition) is 5. The number of imidazole rings is 1. The molecule has 8 heteroatoms. The number of nitriles is 2. The van der Waals surface area contributed by atoms with Gasteiger partial charge in [0.05, 0.1) is 30.3 Å². The van der Waals surface area contributed by atoms with Crippen LogP contribution in [0.5, 0.6) is 0 Å². The highest BCUT2D eigenvalue weighted by Gasteiger charge is 2.29. The van der Waals surface area contributed by atoms with Crippen LogP contribution in [0.4, 0.5) is 0 Å². The van der Waals surface area contributed by atoms with Gasteiger partial charge in [0, 0.05) is 30.6 Å². The van der Waals surface area contributed by atoms with E-state index in [1.54, 1.807) is 6.20 Å². The van der Waals surface area contributed by atoms with Crippen molar-refractivity contribution in [3.05, 3.63) is 24.3 Å². The Labute approximate surface area is 162 Å². The van der Waals surface area contributed by atoms with Gasteiger partial charge < -0.3 is 14.9 Å². The van der Waals surface area contributed by atoms with Crippen LogP contribution in [-0.2, 0) is 0 Å². The molecular formula is C20H21N7O. The summed E-state index contributed by atoms with van der Waals surface area (Å²) < 4.78 is 2.05. The third-order valence-corrected chi connectivity index (χ3v) is 5.52. The molecule has 0 bridgehead atoms. The molecule has 0 unspecified atom stereocenters. The number of fused-ring (bicyclic) bond motifs is 3. The van der Waals surface area contributed by atoms with Gasteiger partial charge >= 0.3 is 0 Å². The minimum atomic E-state index is -0.269. The zero-order valence-electron chi connectivity index (χ0n) is 15.5. The standard InChI is InChI=1S/C20H21N7O/c21-8-1-10-24-20(28)19-26-16-12-25-18-15(7-11-23-18)17(16)27(19)14-4-2-13(3-5-14)6-9-22/h7,11-14H,1-6,10H2,(H,23,25)(H,24,28)/t13-,14-. The maximum absolute atomic E-state index is 12.8. The lowest BCUT2D eigenvalue weighted by molar-refractivity contribution is 0.0935. The largest absolute Gasteiger partial charge is 0.348 e. The summed E-state index contributed by atoms with van der Waals surface area (Å²) in [5, 5.41) is 21.4. The maximum atomic E-state index is 12.8. The normalized spacial score (nSPS) is 19.4. The van der Waals surface area contributed by atoms with Crippen LogP contribution in [-0.4, -0.2) is 32.0 Å². The van der Waals surface area contributed by atoms with E-state index in [0.717, 1.165) is 42.2 Å². The van der Waals surface area contributed by atoms with Crippen LogP contribution in [0.1, 0.15) is 55.2 Å². The minimum Gasteiger partial charge on any atom is -0.348 e. The highest BCUT2D eigenvalue weighted by atomic mass is 16.2.